The van der Waals surface area contributed by atoms with Gasteiger partial charge >= 0.3 is 0 Å². The second-order valence-corrected chi connectivity index (χ2v) is 4.46. The maximum Gasteiger partial charge on any atom is 0.146 e. The molecule has 0 amide bonds. The first kappa shape index (κ1) is 14.0. The van der Waals surface area contributed by atoms with Crippen molar-refractivity contribution >= 4 is 5.69 Å². The molecule has 1 rings (SSSR count). The second kappa shape index (κ2) is 6.60. The van der Waals surface area contributed by atoms with Gasteiger partial charge in [0.05, 0.1) is 5.69 Å². The van der Waals surface area contributed by atoms with Crippen molar-refractivity contribution in [1.82, 2.24) is 5.32 Å². The number of anilines is 1. The van der Waals surface area contributed by atoms with Gasteiger partial charge in [0.25, 0.3) is 0 Å². The second-order valence-electron chi connectivity index (χ2n) is 4.46. The van der Waals surface area contributed by atoms with Crippen molar-refractivity contribution in [2.75, 3.05) is 25.5 Å². The molecule has 0 radical (unpaired) electrons. The number of hydrogen-bond acceptors (Lipinski definition) is 2. The Bertz CT molecular complexity index is 352. The lowest BCUT2D eigenvalue weighted by molar-refractivity contribution is 0.600. The summed E-state index contributed by atoms with van der Waals surface area (Å²) >= 11 is 0. The third-order valence-corrected chi connectivity index (χ3v) is 3.15. The fourth-order valence-corrected chi connectivity index (χ4v) is 1.95. The fraction of sp³-hybridized carbons (Fsp3) is 0.571. The Hall–Kier alpha value is -1.09. The summed E-state index contributed by atoms with van der Waals surface area (Å²) in [4.78, 5) is 2.02. The van der Waals surface area contributed by atoms with Crippen molar-refractivity contribution in [2.45, 2.75) is 32.7 Å². The number of halogens is 1. The summed E-state index contributed by atoms with van der Waals surface area (Å²) < 4.78 is 14.0. The Kier molecular flexibility index (Phi) is 5.42. The molecule has 0 heterocycles. The first-order valence-electron chi connectivity index (χ1n) is 6.28. The zero-order valence-corrected chi connectivity index (χ0v) is 11.3. The van der Waals surface area contributed by atoms with Crippen LogP contribution in [0.1, 0.15) is 38.3 Å². The minimum atomic E-state index is -0.136. The van der Waals surface area contributed by atoms with Crippen molar-refractivity contribution < 1.29 is 4.39 Å². The SMILES string of the molecule is CCCCN(C)c1c(F)cccc1C(C)NC. The van der Waals surface area contributed by atoms with Crippen molar-refractivity contribution in [3.63, 3.8) is 0 Å². The lowest BCUT2D eigenvalue weighted by atomic mass is 10.0. The average Bonchev–Trinajstić information content (AvgIpc) is 2.34. The van der Waals surface area contributed by atoms with Crippen LogP contribution in [0.5, 0.6) is 0 Å². The molecule has 0 aliphatic rings. The quantitative estimate of drug-likeness (QED) is 0.817. The Morgan fingerprint density at radius 2 is 2.12 bits per heavy atom. The summed E-state index contributed by atoms with van der Waals surface area (Å²) in [6, 6.07) is 5.45. The topological polar surface area (TPSA) is 15.3 Å². The number of rotatable bonds is 6. The predicted octanol–water partition coefficient (Wildman–Crippen LogP) is 3.34. The Balaban J connectivity index is 3.02. The molecule has 1 atom stereocenters. The van der Waals surface area contributed by atoms with Gasteiger partial charge in [-0.15, -0.1) is 0 Å². The van der Waals surface area contributed by atoms with Crippen LogP contribution in [0.15, 0.2) is 18.2 Å². The van der Waals surface area contributed by atoms with E-state index in [4.69, 9.17) is 0 Å². The Morgan fingerprint density at radius 1 is 1.41 bits per heavy atom. The van der Waals surface area contributed by atoms with Gasteiger partial charge in [-0.2, -0.15) is 0 Å². The van der Waals surface area contributed by atoms with Crippen LogP contribution in [-0.4, -0.2) is 20.6 Å². The van der Waals surface area contributed by atoms with E-state index in [2.05, 4.69) is 12.2 Å². The number of unbranched alkanes of at least 4 members (excludes halogenated alkanes) is 1. The molecule has 0 aliphatic heterocycles. The van der Waals surface area contributed by atoms with E-state index in [1.54, 1.807) is 6.07 Å². The first-order chi connectivity index (χ1) is 8.11. The van der Waals surface area contributed by atoms with Crippen LogP contribution in [0.4, 0.5) is 10.1 Å². The van der Waals surface area contributed by atoms with Crippen LogP contribution < -0.4 is 10.2 Å². The van der Waals surface area contributed by atoms with E-state index in [1.165, 1.54) is 6.07 Å². The smallest absolute Gasteiger partial charge is 0.146 e. The lowest BCUT2D eigenvalue weighted by Gasteiger charge is -2.25. The summed E-state index contributed by atoms with van der Waals surface area (Å²) in [6.07, 6.45) is 2.20. The van der Waals surface area contributed by atoms with Gasteiger partial charge in [-0.25, -0.2) is 4.39 Å². The van der Waals surface area contributed by atoms with E-state index in [0.717, 1.165) is 30.6 Å². The number of hydrogen-bond donors (Lipinski definition) is 1. The normalized spacial score (nSPS) is 12.5. The van der Waals surface area contributed by atoms with Crippen LogP contribution in [0.2, 0.25) is 0 Å². The molecule has 1 N–H and O–H groups in total. The average molecular weight is 238 g/mol. The van der Waals surface area contributed by atoms with Gasteiger partial charge in [-0.1, -0.05) is 25.5 Å². The highest BCUT2D eigenvalue weighted by Gasteiger charge is 2.16. The molecular formula is C14H23FN2. The molecule has 0 saturated heterocycles. The van der Waals surface area contributed by atoms with E-state index in [1.807, 2.05) is 32.0 Å². The van der Waals surface area contributed by atoms with Crippen LogP contribution >= 0.6 is 0 Å². The number of para-hydroxylation sites is 1. The molecule has 0 bridgehead atoms. The molecule has 0 aromatic heterocycles. The predicted molar refractivity (Wildman–Crippen MR) is 72.1 cm³/mol. The summed E-state index contributed by atoms with van der Waals surface area (Å²) in [5, 5.41) is 3.17. The minimum Gasteiger partial charge on any atom is -0.372 e. The molecule has 17 heavy (non-hydrogen) atoms. The van der Waals surface area contributed by atoms with Gasteiger partial charge in [0.15, 0.2) is 0 Å². The molecule has 3 heteroatoms. The van der Waals surface area contributed by atoms with E-state index in [-0.39, 0.29) is 11.9 Å². The van der Waals surface area contributed by atoms with Crippen LogP contribution in [0, 0.1) is 5.82 Å². The maximum atomic E-state index is 14.0. The molecule has 1 aromatic rings. The zero-order valence-electron chi connectivity index (χ0n) is 11.3. The van der Waals surface area contributed by atoms with Gasteiger partial charge in [0.1, 0.15) is 5.82 Å². The van der Waals surface area contributed by atoms with E-state index in [0.29, 0.717) is 0 Å². The van der Waals surface area contributed by atoms with E-state index in [9.17, 15) is 4.39 Å². The van der Waals surface area contributed by atoms with Crippen LogP contribution in [-0.2, 0) is 0 Å². The highest BCUT2D eigenvalue weighted by atomic mass is 19.1. The van der Waals surface area contributed by atoms with Gasteiger partial charge in [-0.3, -0.25) is 0 Å². The summed E-state index contributed by atoms with van der Waals surface area (Å²) in [5.41, 5.74) is 1.74. The highest BCUT2D eigenvalue weighted by molar-refractivity contribution is 5.55. The van der Waals surface area contributed by atoms with E-state index >= 15 is 0 Å². The van der Waals surface area contributed by atoms with Crippen molar-refractivity contribution in [3.05, 3.63) is 29.6 Å². The molecule has 0 fully saturated rings. The zero-order chi connectivity index (χ0) is 12.8. The number of nitrogens with zero attached hydrogens (tertiary/aromatic N) is 1. The fourth-order valence-electron chi connectivity index (χ4n) is 1.95. The van der Waals surface area contributed by atoms with Gasteiger partial charge in [0.2, 0.25) is 0 Å². The Morgan fingerprint density at radius 3 is 2.71 bits per heavy atom. The van der Waals surface area contributed by atoms with Crippen LogP contribution in [0.25, 0.3) is 0 Å². The number of nitrogens with one attached hydrogen (secondary N) is 1. The molecule has 1 aromatic carbocycles. The molecule has 2 nitrogen and oxygen atoms in total. The van der Waals surface area contributed by atoms with Gasteiger partial charge in [-0.05, 0) is 32.0 Å². The molecule has 0 spiro atoms. The molecule has 96 valence electrons. The van der Waals surface area contributed by atoms with Gasteiger partial charge < -0.3 is 10.2 Å². The van der Waals surface area contributed by atoms with E-state index < -0.39 is 0 Å². The number of benzene rings is 1. The molecular weight excluding hydrogens is 215 g/mol. The van der Waals surface area contributed by atoms with Crippen molar-refractivity contribution in [3.8, 4) is 0 Å². The third kappa shape index (κ3) is 3.43. The minimum absolute atomic E-state index is 0.136. The monoisotopic (exact) mass is 238 g/mol. The summed E-state index contributed by atoms with van der Waals surface area (Å²) in [6.45, 7) is 5.08. The summed E-state index contributed by atoms with van der Waals surface area (Å²) in [7, 11) is 3.85. The lowest BCUT2D eigenvalue weighted by Crippen LogP contribution is -2.24. The largest absolute Gasteiger partial charge is 0.372 e. The third-order valence-electron chi connectivity index (χ3n) is 3.15. The standard InChI is InChI=1S/C14H23FN2/c1-5-6-10-17(4)14-12(11(2)16-3)8-7-9-13(14)15/h7-9,11,16H,5-6,10H2,1-4H3. The molecule has 0 saturated carbocycles. The Labute approximate surface area is 104 Å². The van der Waals surface area contributed by atoms with Crippen LogP contribution in [0.3, 0.4) is 0 Å². The molecule has 0 aliphatic carbocycles. The van der Waals surface area contributed by atoms with Crippen molar-refractivity contribution in [1.29, 1.82) is 0 Å². The maximum absolute atomic E-state index is 14.0. The van der Waals surface area contributed by atoms with Crippen molar-refractivity contribution in [2.24, 2.45) is 0 Å². The first-order valence-corrected chi connectivity index (χ1v) is 6.28. The summed E-state index contributed by atoms with van der Waals surface area (Å²) in [5.74, 6) is -0.136. The highest BCUT2D eigenvalue weighted by Crippen LogP contribution is 2.28. The molecule has 1 unspecified atom stereocenters. The van der Waals surface area contributed by atoms with Gasteiger partial charge in [0, 0.05) is 19.6 Å².